The van der Waals surface area contributed by atoms with Gasteiger partial charge in [-0.25, -0.2) is 18.4 Å². The van der Waals surface area contributed by atoms with Gasteiger partial charge in [0.25, 0.3) is 5.91 Å². The average Bonchev–Trinajstić information content (AvgIpc) is 2.65. The summed E-state index contributed by atoms with van der Waals surface area (Å²) in [6, 6.07) is 12.2. The predicted molar refractivity (Wildman–Crippen MR) is 105 cm³/mol. The van der Waals surface area contributed by atoms with Gasteiger partial charge in [0.05, 0.1) is 10.5 Å². The van der Waals surface area contributed by atoms with Crippen molar-refractivity contribution < 1.29 is 22.7 Å². The molecule has 0 atom stereocenters. The van der Waals surface area contributed by atoms with Crippen LogP contribution in [0.25, 0.3) is 0 Å². The Hall–Kier alpha value is -2.71. The molecule has 2 aromatic rings. The lowest BCUT2D eigenvalue weighted by molar-refractivity contribution is -0.134. The standard InChI is InChI=1S/C20H24N2O5S/c1-4-22(12-16-8-6-5-7-9-16)19(23)13-27-20(24)17-10-14(2)15(3)18(11-17)28(21,25)26/h5-11H,4,12-13H2,1-3H3,(H2,21,25,26). The van der Waals surface area contributed by atoms with Crippen molar-refractivity contribution in [2.24, 2.45) is 5.14 Å². The van der Waals surface area contributed by atoms with E-state index in [1.165, 1.54) is 12.1 Å². The van der Waals surface area contributed by atoms with E-state index in [-0.39, 0.29) is 16.4 Å². The highest BCUT2D eigenvalue weighted by Gasteiger charge is 2.20. The van der Waals surface area contributed by atoms with Crippen molar-refractivity contribution in [2.45, 2.75) is 32.2 Å². The zero-order chi connectivity index (χ0) is 20.9. The van der Waals surface area contributed by atoms with Gasteiger partial charge in [-0.2, -0.15) is 0 Å². The topological polar surface area (TPSA) is 107 Å². The molecule has 0 heterocycles. The van der Waals surface area contributed by atoms with Gasteiger partial charge in [-0.05, 0) is 49.6 Å². The lowest BCUT2D eigenvalue weighted by Gasteiger charge is -2.21. The van der Waals surface area contributed by atoms with E-state index < -0.39 is 22.6 Å². The molecule has 0 radical (unpaired) electrons. The molecule has 28 heavy (non-hydrogen) atoms. The Morgan fingerprint density at radius 2 is 1.75 bits per heavy atom. The van der Waals surface area contributed by atoms with Crippen molar-refractivity contribution in [3.63, 3.8) is 0 Å². The Bertz CT molecular complexity index is 972. The maximum Gasteiger partial charge on any atom is 0.338 e. The second kappa shape index (κ2) is 8.99. The molecule has 0 aliphatic heterocycles. The number of likely N-dealkylation sites (N-methyl/N-ethyl adjacent to an activating group) is 1. The van der Waals surface area contributed by atoms with Crippen LogP contribution < -0.4 is 5.14 Å². The van der Waals surface area contributed by atoms with Crippen molar-refractivity contribution >= 4 is 21.9 Å². The Kier molecular flexibility index (Phi) is 6.93. The zero-order valence-corrected chi connectivity index (χ0v) is 17.0. The summed E-state index contributed by atoms with van der Waals surface area (Å²) in [5, 5.41) is 5.21. The number of nitrogens with zero attached hydrogens (tertiary/aromatic N) is 1. The first-order valence-electron chi connectivity index (χ1n) is 8.76. The van der Waals surface area contributed by atoms with Crippen molar-refractivity contribution in [2.75, 3.05) is 13.2 Å². The summed E-state index contributed by atoms with van der Waals surface area (Å²) in [7, 11) is -3.98. The number of esters is 1. The first kappa shape index (κ1) is 21.6. The average molecular weight is 404 g/mol. The number of benzene rings is 2. The lowest BCUT2D eigenvalue weighted by Crippen LogP contribution is -2.34. The summed E-state index contributed by atoms with van der Waals surface area (Å²) >= 11 is 0. The molecule has 7 nitrogen and oxygen atoms in total. The first-order valence-corrected chi connectivity index (χ1v) is 10.3. The van der Waals surface area contributed by atoms with Gasteiger partial charge in [0, 0.05) is 13.1 Å². The quantitative estimate of drug-likeness (QED) is 0.712. The molecule has 0 aliphatic carbocycles. The number of primary sulfonamides is 1. The van der Waals surface area contributed by atoms with E-state index >= 15 is 0 Å². The van der Waals surface area contributed by atoms with Gasteiger partial charge in [0.2, 0.25) is 10.0 Å². The van der Waals surface area contributed by atoms with Crippen LogP contribution in [0, 0.1) is 13.8 Å². The summed E-state index contributed by atoms with van der Waals surface area (Å²) in [5.74, 6) is -1.12. The van der Waals surface area contributed by atoms with E-state index in [1.54, 1.807) is 18.7 Å². The smallest absolute Gasteiger partial charge is 0.338 e. The van der Waals surface area contributed by atoms with Crippen molar-refractivity contribution in [1.82, 2.24) is 4.90 Å². The van der Waals surface area contributed by atoms with E-state index in [4.69, 9.17) is 9.88 Å². The molecule has 0 saturated heterocycles. The number of hydrogen-bond donors (Lipinski definition) is 1. The second-order valence-corrected chi connectivity index (χ2v) is 7.96. The Morgan fingerprint density at radius 3 is 2.32 bits per heavy atom. The number of carbonyl (C=O) groups excluding carboxylic acids is 2. The van der Waals surface area contributed by atoms with Crippen LogP contribution in [-0.2, 0) is 26.1 Å². The third kappa shape index (κ3) is 5.40. The number of sulfonamides is 1. The van der Waals surface area contributed by atoms with Crippen LogP contribution in [0.3, 0.4) is 0 Å². The highest BCUT2D eigenvalue weighted by Crippen LogP contribution is 2.20. The van der Waals surface area contributed by atoms with E-state index in [0.717, 1.165) is 5.56 Å². The molecule has 1 amide bonds. The number of carbonyl (C=O) groups is 2. The number of aryl methyl sites for hydroxylation is 1. The molecule has 2 aromatic carbocycles. The van der Waals surface area contributed by atoms with Gasteiger partial charge < -0.3 is 9.64 Å². The molecule has 2 N–H and O–H groups in total. The van der Waals surface area contributed by atoms with Crippen molar-refractivity contribution in [1.29, 1.82) is 0 Å². The minimum Gasteiger partial charge on any atom is -0.452 e. The maximum absolute atomic E-state index is 12.4. The molecule has 8 heteroatoms. The van der Waals surface area contributed by atoms with Crippen LogP contribution in [0.5, 0.6) is 0 Å². The van der Waals surface area contributed by atoms with Crippen LogP contribution in [0.2, 0.25) is 0 Å². The fraction of sp³-hybridized carbons (Fsp3) is 0.300. The van der Waals surface area contributed by atoms with Gasteiger partial charge in [-0.15, -0.1) is 0 Å². The van der Waals surface area contributed by atoms with Crippen LogP contribution in [0.15, 0.2) is 47.4 Å². The Labute approximate surface area is 165 Å². The van der Waals surface area contributed by atoms with Gasteiger partial charge in [0.1, 0.15) is 0 Å². The van der Waals surface area contributed by atoms with Crippen LogP contribution in [0.1, 0.15) is 34.0 Å². The van der Waals surface area contributed by atoms with Crippen LogP contribution >= 0.6 is 0 Å². The normalized spacial score (nSPS) is 11.1. The zero-order valence-electron chi connectivity index (χ0n) is 16.1. The summed E-state index contributed by atoms with van der Waals surface area (Å²) in [6.45, 7) is 5.56. The number of amides is 1. The van der Waals surface area contributed by atoms with Gasteiger partial charge >= 0.3 is 5.97 Å². The number of ether oxygens (including phenoxy) is 1. The van der Waals surface area contributed by atoms with Crippen molar-refractivity contribution in [3.8, 4) is 0 Å². The molecular formula is C20H24N2O5S. The van der Waals surface area contributed by atoms with E-state index in [0.29, 0.717) is 24.2 Å². The molecular weight excluding hydrogens is 380 g/mol. The molecule has 0 aromatic heterocycles. The number of nitrogens with two attached hydrogens (primary N) is 1. The summed E-state index contributed by atoms with van der Waals surface area (Å²) in [5.41, 5.74) is 2.06. The minimum absolute atomic E-state index is 0.0334. The third-order valence-corrected chi connectivity index (χ3v) is 5.48. The van der Waals surface area contributed by atoms with Gasteiger partial charge in [0.15, 0.2) is 6.61 Å². The first-order chi connectivity index (χ1) is 13.1. The van der Waals surface area contributed by atoms with Crippen molar-refractivity contribution in [3.05, 3.63) is 64.7 Å². The molecule has 0 unspecified atom stereocenters. The van der Waals surface area contributed by atoms with Crippen LogP contribution in [0.4, 0.5) is 0 Å². The number of rotatable bonds is 7. The summed E-state index contributed by atoms with van der Waals surface area (Å²) in [6.07, 6.45) is 0. The number of hydrogen-bond acceptors (Lipinski definition) is 5. The fourth-order valence-electron chi connectivity index (χ4n) is 2.72. The predicted octanol–water partition coefficient (Wildman–Crippen LogP) is 2.16. The molecule has 0 saturated carbocycles. The van der Waals surface area contributed by atoms with E-state index in [9.17, 15) is 18.0 Å². The SMILES string of the molecule is CCN(Cc1ccccc1)C(=O)COC(=O)c1cc(C)c(C)c(S(N)(=O)=O)c1. The summed E-state index contributed by atoms with van der Waals surface area (Å²) in [4.78, 5) is 26.2. The van der Waals surface area contributed by atoms with Crippen LogP contribution in [-0.4, -0.2) is 38.3 Å². The Morgan fingerprint density at radius 1 is 1.11 bits per heavy atom. The maximum atomic E-state index is 12.4. The fourth-order valence-corrected chi connectivity index (χ4v) is 3.60. The van der Waals surface area contributed by atoms with E-state index in [2.05, 4.69) is 0 Å². The minimum atomic E-state index is -3.98. The molecule has 2 rings (SSSR count). The van der Waals surface area contributed by atoms with Gasteiger partial charge in [-0.1, -0.05) is 30.3 Å². The lowest BCUT2D eigenvalue weighted by atomic mass is 10.1. The molecule has 0 bridgehead atoms. The highest BCUT2D eigenvalue weighted by molar-refractivity contribution is 7.89. The Balaban J connectivity index is 2.09. The third-order valence-electron chi connectivity index (χ3n) is 4.44. The van der Waals surface area contributed by atoms with Gasteiger partial charge in [-0.3, -0.25) is 4.79 Å². The monoisotopic (exact) mass is 404 g/mol. The van der Waals surface area contributed by atoms with E-state index in [1.807, 2.05) is 37.3 Å². The largest absolute Gasteiger partial charge is 0.452 e. The second-order valence-electron chi connectivity index (χ2n) is 6.43. The molecule has 150 valence electrons. The molecule has 0 fully saturated rings. The molecule has 0 spiro atoms. The molecule has 0 aliphatic rings. The summed E-state index contributed by atoms with van der Waals surface area (Å²) < 4.78 is 28.5. The highest BCUT2D eigenvalue weighted by atomic mass is 32.2.